The highest BCUT2D eigenvalue weighted by Gasteiger charge is 2.34. The number of hydrogen-bond donors (Lipinski definition) is 3. The van der Waals surface area contributed by atoms with Crippen LogP contribution < -0.4 is 10.5 Å². The largest absolute Gasteiger partial charge is 0.457 e. The SMILES string of the molecule is Nc1ncnc2c1c(-c1ccc(Oc3ccccc3)cc1)cn2[C@H]1CC[C@](O)(CO)CC1. The molecule has 0 aliphatic heterocycles. The van der Waals surface area contributed by atoms with Gasteiger partial charge in [-0.15, -0.1) is 0 Å². The van der Waals surface area contributed by atoms with E-state index in [2.05, 4.69) is 20.7 Å². The second kappa shape index (κ2) is 8.26. The molecule has 5 rings (SSSR count). The second-order valence-electron chi connectivity index (χ2n) is 8.46. The Morgan fingerprint density at radius 1 is 1.00 bits per heavy atom. The minimum Gasteiger partial charge on any atom is -0.457 e. The molecule has 0 radical (unpaired) electrons. The molecule has 1 aliphatic rings. The van der Waals surface area contributed by atoms with Crippen LogP contribution in [-0.4, -0.2) is 37.0 Å². The topological polar surface area (TPSA) is 106 Å². The van der Waals surface area contributed by atoms with E-state index in [1.807, 2.05) is 54.6 Å². The lowest BCUT2D eigenvalue weighted by molar-refractivity contribution is -0.0499. The Morgan fingerprint density at radius 2 is 1.69 bits per heavy atom. The number of fused-ring (bicyclic) bond motifs is 1. The highest BCUT2D eigenvalue weighted by Crippen LogP contribution is 2.40. The summed E-state index contributed by atoms with van der Waals surface area (Å²) >= 11 is 0. The number of anilines is 1. The van der Waals surface area contributed by atoms with Gasteiger partial charge in [-0.2, -0.15) is 0 Å². The summed E-state index contributed by atoms with van der Waals surface area (Å²) < 4.78 is 8.06. The average molecular weight is 431 g/mol. The fraction of sp³-hybridized carbons (Fsp3) is 0.280. The Labute approximate surface area is 186 Å². The van der Waals surface area contributed by atoms with Crippen LogP contribution in [0.4, 0.5) is 5.82 Å². The summed E-state index contributed by atoms with van der Waals surface area (Å²) in [7, 11) is 0. The van der Waals surface area contributed by atoms with E-state index < -0.39 is 5.60 Å². The van der Waals surface area contributed by atoms with Gasteiger partial charge in [0.1, 0.15) is 29.3 Å². The summed E-state index contributed by atoms with van der Waals surface area (Å²) in [6, 6.07) is 17.7. The average Bonchev–Trinajstić information content (AvgIpc) is 3.22. The van der Waals surface area contributed by atoms with Gasteiger partial charge in [-0.1, -0.05) is 30.3 Å². The number of ether oxygens (including phenoxy) is 1. The van der Waals surface area contributed by atoms with Crippen LogP contribution in [0.2, 0.25) is 0 Å². The first-order valence-corrected chi connectivity index (χ1v) is 10.8. The molecule has 1 aliphatic carbocycles. The molecule has 4 aromatic rings. The van der Waals surface area contributed by atoms with Crippen LogP contribution in [0.1, 0.15) is 31.7 Å². The fourth-order valence-electron chi connectivity index (χ4n) is 4.51. The summed E-state index contributed by atoms with van der Waals surface area (Å²) in [4.78, 5) is 8.75. The van der Waals surface area contributed by atoms with E-state index in [0.29, 0.717) is 18.7 Å². The molecule has 4 N–H and O–H groups in total. The predicted molar refractivity (Wildman–Crippen MR) is 123 cm³/mol. The van der Waals surface area contributed by atoms with Crippen molar-refractivity contribution in [1.29, 1.82) is 0 Å². The van der Waals surface area contributed by atoms with Gasteiger partial charge in [0.05, 0.1) is 17.6 Å². The maximum Gasteiger partial charge on any atom is 0.146 e. The molecule has 2 heterocycles. The third-order valence-electron chi connectivity index (χ3n) is 6.36. The molecule has 2 aromatic carbocycles. The van der Waals surface area contributed by atoms with Crippen molar-refractivity contribution in [2.24, 2.45) is 0 Å². The van der Waals surface area contributed by atoms with Crippen LogP contribution in [0.3, 0.4) is 0 Å². The summed E-state index contributed by atoms with van der Waals surface area (Å²) in [5, 5.41) is 20.7. The number of nitrogens with zero attached hydrogens (tertiary/aromatic N) is 3. The molecular formula is C25H26N4O3. The molecule has 32 heavy (non-hydrogen) atoms. The summed E-state index contributed by atoms with van der Waals surface area (Å²) in [5.74, 6) is 1.98. The molecule has 0 saturated heterocycles. The number of aromatic nitrogens is 3. The van der Waals surface area contributed by atoms with E-state index in [0.717, 1.165) is 46.5 Å². The van der Waals surface area contributed by atoms with Gasteiger partial charge >= 0.3 is 0 Å². The predicted octanol–water partition coefficient (Wildman–Crippen LogP) is 4.31. The second-order valence-corrected chi connectivity index (χ2v) is 8.46. The van der Waals surface area contributed by atoms with Gasteiger partial charge in [-0.25, -0.2) is 9.97 Å². The summed E-state index contributed by atoms with van der Waals surface area (Å²) in [6.45, 7) is -0.204. The van der Waals surface area contributed by atoms with Crippen molar-refractivity contribution < 1.29 is 14.9 Å². The maximum atomic E-state index is 10.4. The van der Waals surface area contributed by atoms with Crippen LogP contribution in [0.25, 0.3) is 22.2 Å². The zero-order valence-electron chi connectivity index (χ0n) is 17.7. The van der Waals surface area contributed by atoms with Gasteiger partial charge in [-0.3, -0.25) is 0 Å². The molecule has 0 bridgehead atoms. The Balaban J connectivity index is 1.48. The van der Waals surface area contributed by atoms with Crippen molar-refractivity contribution in [2.75, 3.05) is 12.3 Å². The normalized spacial score (nSPS) is 21.0. The van der Waals surface area contributed by atoms with E-state index in [1.165, 1.54) is 6.33 Å². The number of aliphatic hydroxyl groups excluding tert-OH is 1. The van der Waals surface area contributed by atoms with E-state index in [9.17, 15) is 10.2 Å². The third-order valence-corrected chi connectivity index (χ3v) is 6.36. The minimum atomic E-state index is -0.981. The third kappa shape index (κ3) is 3.81. The molecule has 0 unspecified atom stereocenters. The molecule has 7 heteroatoms. The molecular weight excluding hydrogens is 404 g/mol. The molecule has 2 aromatic heterocycles. The van der Waals surface area contributed by atoms with Crippen molar-refractivity contribution in [3.63, 3.8) is 0 Å². The van der Waals surface area contributed by atoms with E-state index in [4.69, 9.17) is 10.5 Å². The van der Waals surface area contributed by atoms with E-state index >= 15 is 0 Å². The first-order valence-electron chi connectivity index (χ1n) is 10.8. The van der Waals surface area contributed by atoms with E-state index in [1.54, 1.807) is 0 Å². The van der Waals surface area contributed by atoms with Crippen LogP contribution in [0.5, 0.6) is 11.5 Å². The smallest absolute Gasteiger partial charge is 0.146 e. The van der Waals surface area contributed by atoms with Crippen LogP contribution >= 0.6 is 0 Å². The number of benzene rings is 2. The van der Waals surface area contributed by atoms with Gasteiger partial charge in [0.15, 0.2) is 0 Å². The molecule has 0 amide bonds. The van der Waals surface area contributed by atoms with Gasteiger partial charge in [0.25, 0.3) is 0 Å². The number of para-hydroxylation sites is 1. The number of nitrogen functional groups attached to an aromatic ring is 1. The maximum absolute atomic E-state index is 10.4. The molecule has 7 nitrogen and oxygen atoms in total. The van der Waals surface area contributed by atoms with Crippen molar-refractivity contribution >= 4 is 16.9 Å². The molecule has 0 atom stereocenters. The lowest BCUT2D eigenvalue weighted by Crippen LogP contribution is -2.38. The van der Waals surface area contributed by atoms with Crippen molar-refractivity contribution in [3.05, 3.63) is 67.1 Å². The lowest BCUT2D eigenvalue weighted by Gasteiger charge is -2.35. The number of hydrogen-bond acceptors (Lipinski definition) is 6. The van der Waals surface area contributed by atoms with Gasteiger partial charge in [0.2, 0.25) is 0 Å². The van der Waals surface area contributed by atoms with E-state index in [-0.39, 0.29) is 12.6 Å². The standard InChI is InChI=1S/C25H26N4O3/c26-23-22-21(17-6-8-20(9-7-17)32-19-4-2-1-3-5-19)14-29(24(22)28-16-27-23)18-10-12-25(31,15-30)13-11-18/h1-9,14,16,18,30-31H,10-13,15H2,(H2,26,27,28)/t18-,25+. The number of rotatable bonds is 5. The van der Waals surface area contributed by atoms with Crippen LogP contribution in [0, 0.1) is 0 Å². The Hall–Kier alpha value is -3.42. The fourth-order valence-corrected chi connectivity index (χ4v) is 4.51. The van der Waals surface area contributed by atoms with Crippen molar-refractivity contribution in [1.82, 2.24) is 14.5 Å². The molecule has 0 spiro atoms. The van der Waals surface area contributed by atoms with Gasteiger partial charge in [-0.05, 0) is 55.5 Å². The zero-order valence-corrected chi connectivity index (χ0v) is 17.7. The molecule has 164 valence electrons. The first-order chi connectivity index (χ1) is 15.6. The van der Waals surface area contributed by atoms with Crippen LogP contribution in [-0.2, 0) is 0 Å². The highest BCUT2D eigenvalue weighted by molar-refractivity contribution is 6.00. The number of nitrogens with two attached hydrogens (primary N) is 1. The Kier molecular flexibility index (Phi) is 5.28. The van der Waals surface area contributed by atoms with Crippen molar-refractivity contribution in [3.8, 4) is 22.6 Å². The molecule has 1 saturated carbocycles. The quantitative estimate of drug-likeness (QED) is 0.436. The number of aliphatic hydroxyl groups is 2. The first kappa shape index (κ1) is 20.5. The lowest BCUT2D eigenvalue weighted by atomic mass is 9.82. The summed E-state index contributed by atoms with van der Waals surface area (Å²) in [5.41, 5.74) is 8.04. The summed E-state index contributed by atoms with van der Waals surface area (Å²) in [6.07, 6.45) is 6.19. The highest BCUT2D eigenvalue weighted by atomic mass is 16.5. The van der Waals surface area contributed by atoms with Crippen molar-refractivity contribution in [2.45, 2.75) is 37.3 Å². The minimum absolute atomic E-state index is 0.174. The molecule has 1 fully saturated rings. The van der Waals surface area contributed by atoms with Gasteiger partial charge in [0, 0.05) is 17.8 Å². The Bertz CT molecular complexity index is 1210. The van der Waals surface area contributed by atoms with Gasteiger partial charge < -0.3 is 25.3 Å². The van der Waals surface area contributed by atoms with Crippen LogP contribution in [0.15, 0.2) is 67.1 Å². The Morgan fingerprint density at radius 3 is 2.38 bits per heavy atom. The zero-order chi connectivity index (χ0) is 22.1. The monoisotopic (exact) mass is 430 g/mol.